The van der Waals surface area contributed by atoms with E-state index in [0.717, 1.165) is 4.90 Å². The van der Waals surface area contributed by atoms with Gasteiger partial charge in [-0.2, -0.15) is 0 Å². The highest BCUT2D eigenvalue weighted by atomic mass is 35.5. The number of hydrogen-bond acceptors (Lipinski definition) is 3. The van der Waals surface area contributed by atoms with Gasteiger partial charge in [0.25, 0.3) is 5.91 Å². The van der Waals surface area contributed by atoms with Gasteiger partial charge in [0.05, 0.1) is 22.8 Å². The van der Waals surface area contributed by atoms with Gasteiger partial charge in [0, 0.05) is 18.0 Å². The van der Waals surface area contributed by atoms with Gasteiger partial charge < -0.3 is 9.64 Å². The van der Waals surface area contributed by atoms with Crippen molar-refractivity contribution in [2.75, 3.05) is 19.3 Å². The molecule has 1 aliphatic rings. The summed E-state index contributed by atoms with van der Waals surface area (Å²) in [6.07, 6.45) is 2.11. The van der Waals surface area contributed by atoms with Crippen LogP contribution in [0, 0.1) is 0 Å². The van der Waals surface area contributed by atoms with Crippen molar-refractivity contribution in [2.45, 2.75) is 31.0 Å². The average Bonchev–Trinajstić information content (AvgIpc) is 2.37. The zero-order valence-corrected chi connectivity index (χ0v) is 12.9. The Kier molecular flexibility index (Phi) is 4.76. The molecule has 0 spiro atoms. The second kappa shape index (κ2) is 6.16. The molecule has 1 aliphatic heterocycles. The SMILES string of the molecule is CSc1ccc(Cl)c(C(=O)N2C[C@@H](C)O[C@@H](C)C2)c1. The molecule has 19 heavy (non-hydrogen) atoms. The molecular formula is C14H18ClNO2S. The van der Waals surface area contributed by atoms with Gasteiger partial charge in [0.2, 0.25) is 0 Å². The third-order valence-electron chi connectivity index (χ3n) is 3.11. The first kappa shape index (κ1) is 14.7. The third kappa shape index (κ3) is 3.44. The van der Waals surface area contributed by atoms with Gasteiger partial charge in [0.1, 0.15) is 0 Å². The van der Waals surface area contributed by atoms with E-state index in [4.69, 9.17) is 16.3 Å². The molecular weight excluding hydrogens is 282 g/mol. The van der Waals surface area contributed by atoms with E-state index in [1.54, 1.807) is 17.8 Å². The Labute approximate surface area is 123 Å². The zero-order valence-electron chi connectivity index (χ0n) is 11.4. The zero-order chi connectivity index (χ0) is 14.0. The molecule has 0 aliphatic carbocycles. The van der Waals surface area contributed by atoms with Crippen molar-refractivity contribution in [3.8, 4) is 0 Å². The fraction of sp³-hybridized carbons (Fsp3) is 0.500. The summed E-state index contributed by atoms with van der Waals surface area (Å²) in [5, 5.41) is 0.509. The van der Waals surface area contributed by atoms with Gasteiger partial charge in [-0.25, -0.2) is 0 Å². The van der Waals surface area contributed by atoms with Crippen LogP contribution in [0.3, 0.4) is 0 Å². The molecule has 2 rings (SSSR count). The maximum atomic E-state index is 12.6. The number of halogens is 1. The van der Waals surface area contributed by atoms with Crippen LogP contribution in [-0.2, 0) is 4.74 Å². The van der Waals surface area contributed by atoms with Crippen molar-refractivity contribution >= 4 is 29.3 Å². The van der Waals surface area contributed by atoms with Gasteiger partial charge in [-0.3, -0.25) is 4.79 Å². The van der Waals surface area contributed by atoms with Crippen LogP contribution in [-0.4, -0.2) is 42.4 Å². The maximum Gasteiger partial charge on any atom is 0.255 e. The van der Waals surface area contributed by atoms with Crippen molar-refractivity contribution in [1.82, 2.24) is 4.90 Å². The number of amides is 1. The van der Waals surface area contributed by atoms with Crippen LogP contribution < -0.4 is 0 Å². The maximum absolute atomic E-state index is 12.6. The highest BCUT2D eigenvalue weighted by Crippen LogP contribution is 2.25. The molecule has 5 heteroatoms. The summed E-state index contributed by atoms with van der Waals surface area (Å²) in [6, 6.07) is 5.57. The van der Waals surface area contributed by atoms with Crippen LogP contribution >= 0.6 is 23.4 Å². The molecule has 1 heterocycles. The van der Waals surface area contributed by atoms with Crippen LogP contribution in [0.25, 0.3) is 0 Å². The number of hydrogen-bond donors (Lipinski definition) is 0. The standard InChI is InChI=1S/C14H18ClNO2S/c1-9-7-16(8-10(2)18-9)14(17)12-6-11(19-3)4-5-13(12)15/h4-6,9-10H,7-8H2,1-3H3/t9-,10+. The number of thioether (sulfide) groups is 1. The first-order valence-electron chi connectivity index (χ1n) is 6.29. The number of carbonyl (C=O) groups is 1. The number of nitrogens with zero attached hydrogens (tertiary/aromatic N) is 1. The Morgan fingerprint density at radius 1 is 1.37 bits per heavy atom. The van der Waals surface area contributed by atoms with Crippen molar-refractivity contribution in [2.24, 2.45) is 0 Å². The van der Waals surface area contributed by atoms with Crippen LogP contribution in [0.2, 0.25) is 5.02 Å². The third-order valence-corrected chi connectivity index (χ3v) is 4.17. The van der Waals surface area contributed by atoms with Gasteiger partial charge >= 0.3 is 0 Å². The Morgan fingerprint density at radius 2 is 2.00 bits per heavy atom. The average molecular weight is 300 g/mol. The lowest BCUT2D eigenvalue weighted by Gasteiger charge is -2.35. The lowest BCUT2D eigenvalue weighted by atomic mass is 10.1. The van der Waals surface area contributed by atoms with Crippen LogP contribution in [0.4, 0.5) is 0 Å². The predicted octanol–water partition coefficient (Wildman–Crippen LogP) is 3.31. The molecule has 1 saturated heterocycles. The second-order valence-corrected chi connectivity index (χ2v) is 6.10. The monoisotopic (exact) mass is 299 g/mol. The molecule has 0 saturated carbocycles. The smallest absolute Gasteiger partial charge is 0.255 e. The molecule has 0 radical (unpaired) electrons. The van der Waals surface area contributed by atoms with E-state index in [1.807, 2.05) is 37.1 Å². The first-order chi connectivity index (χ1) is 9.01. The number of carbonyl (C=O) groups excluding carboxylic acids is 1. The summed E-state index contributed by atoms with van der Waals surface area (Å²) in [5.74, 6) is -0.0112. The summed E-state index contributed by atoms with van der Waals surface area (Å²) in [4.78, 5) is 15.4. The molecule has 0 aromatic heterocycles. The van der Waals surface area contributed by atoms with Gasteiger partial charge in [0.15, 0.2) is 0 Å². The largest absolute Gasteiger partial charge is 0.372 e. The topological polar surface area (TPSA) is 29.5 Å². The number of morpholine rings is 1. The fourth-order valence-corrected chi connectivity index (χ4v) is 2.95. The van der Waals surface area contributed by atoms with Gasteiger partial charge in [-0.15, -0.1) is 11.8 Å². The van der Waals surface area contributed by atoms with E-state index in [-0.39, 0.29) is 18.1 Å². The predicted molar refractivity (Wildman–Crippen MR) is 79.1 cm³/mol. The van der Waals surface area contributed by atoms with Crippen molar-refractivity contribution < 1.29 is 9.53 Å². The minimum Gasteiger partial charge on any atom is -0.372 e. The molecule has 2 atom stereocenters. The van der Waals surface area contributed by atoms with E-state index < -0.39 is 0 Å². The van der Waals surface area contributed by atoms with Crippen molar-refractivity contribution in [3.05, 3.63) is 28.8 Å². The van der Waals surface area contributed by atoms with Crippen molar-refractivity contribution in [3.63, 3.8) is 0 Å². The molecule has 1 aromatic carbocycles. The van der Waals surface area contributed by atoms with E-state index in [1.165, 1.54) is 0 Å². The minimum absolute atomic E-state index is 0.0112. The Bertz CT molecular complexity index is 471. The molecule has 1 amide bonds. The summed E-state index contributed by atoms with van der Waals surface area (Å²) in [5.41, 5.74) is 0.579. The fourth-order valence-electron chi connectivity index (χ4n) is 2.31. The van der Waals surface area contributed by atoms with E-state index in [2.05, 4.69) is 0 Å². The summed E-state index contributed by atoms with van der Waals surface area (Å²) < 4.78 is 5.65. The molecule has 1 fully saturated rings. The summed E-state index contributed by atoms with van der Waals surface area (Å²) in [6.45, 7) is 5.19. The van der Waals surface area contributed by atoms with E-state index in [9.17, 15) is 4.79 Å². The van der Waals surface area contributed by atoms with Gasteiger partial charge in [-0.05, 0) is 38.3 Å². The molecule has 0 N–H and O–H groups in total. The van der Waals surface area contributed by atoms with E-state index >= 15 is 0 Å². The first-order valence-corrected chi connectivity index (χ1v) is 7.89. The van der Waals surface area contributed by atoms with Crippen LogP contribution in [0.1, 0.15) is 24.2 Å². The summed E-state index contributed by atoms with van der Waals surface area (Å²) >= 11 is 7.75. The highest BCUT2D eigenvalue weighted by Gasteiger charge is 2.27. The molecule has 104 valence electrons. The molecule has 0 unspecified atom stereocenters. The normalized spacial score (nSPS) is 23.5. The lowest BCUT2D eigenvalue weighted by Crippen LogP contribution is -2.48. The molecule has 0 bridgehead atoms. The number of rotatable bonds is 2. The molecule has 3 nitrogen and oxygen atoms in total. The van der Waals surface area contributed by atoms with Gasteiger partial charge in [-0.1, -0.05) is 11.6 Å². The lowest BCUT2D eigenvalue weighted by molar-refractivity contribution is -0.0586. The number of benzene rings is 1. The highest BCUT2D eigenvalue weighted by molar-refractivity contribution is 7.98. The van der Waals surface area contributed by atoms with Crippen LogP contribution in [0.5, 0.6) is 0 Å². The van der Waals surface area contributed by atoms with Crippen LogP contribution in [0.15, 0.2) is 23.1 Å². The Morgan fingerprint density at radius 3 is 2.58 bits per heavy atom. The Hall–Kier alpha value is -0.710. The number of ether oxygens (including phenoxy) is 1. The minimum atomic E-state index is -0.0112. The van der Waals surface area contributed by atoms with E-state index in [0.29, 0.717) is 23.7 Å². The summed E-state index contributed by atoms with van der Waals surface area (Å²) in [7, 11) is 0. The quantitative estimate of drug-likeness (QED) is 0.785. The van der Waals surface area contributed by atoms with Crippen molar-refractivity contribution in [1.29, 1.82) is 0 Å². The molecule has 1 aromatic rings. The second-order valence-electron chi connectivity index (χ2n) is 4.81. The Balaban J connectivity index is 2.23.